The van der Waals surface area contributed by atoms with E-state index in [-0.39, 0.29) is 18.9 Å². The van der Waals surface area contributed by atoms with Gasteiger partial charge in [-0.2, -0.15) is 6.42 Å². The fraction of sp³-hybridized carbons (Fsp3) is 0.0833. The number of halogens is 1. The van der Waals surface area contributed by atoms with Gasteiger partial charge in [0.05, 0.1) is 0 Å². The summed E-state index contributed by atoms with van der Waals surface area (Å²) in [5, 5.41) is 23.3. The van der Waals surface area contributed by atoms with Crippen LogP contribution in [-0.2, 0) is 0 Å². The molecule has 2 nitrogen and oxygen atoms in total. The number of rotatable bonds is 4. The van der Waals surface area contributed by atoms with Crippen LogP contribution in [0, 0.1) is 6.92 Å². The first-order chi connectivity index (χ1) is 19.5. The largest absolute Gasteiger partial charge is 1.00 e. The van der Waals surface area contributed by atoms with E-state index in [9.17, 15) is 10.0 Å². The molecule has 0 saturated heterocycles. The van der Waals surface area contributed by atoms with Gasteiger partial charge < -0.3 is 17.0 Å². The van der Waals surface area contributed by atoms with Crippen molar-refractivity contribution in [2.45, 2.75) is 19.8 Å². The molecule has 6 aromatic rings. The molecule has 0 aliphatic carbocycles. The fourth-order valence-corrected chi connectivity index (χ4v) is 5.03. The van der Waals surface area contributed by atoms with Crippen LogP contribution in [0.25, 0.3) is 43.8 Å². The Hall–Kier alpha value is -3.10. The van der Waals surface area contributed by atoms with Crippen molar-refractivity contribution in [2.75, 3.05) is 0 Å². The van der Waals surface area contributed by atoms with Gasteiger partial charge >= 0.3 is 26.0 Å². The van der Waals surface area contributed by atoms with Gasteiger partial charge in [0.1, 0.15) is 0 Å². The third-order valence-electron chi connectivity index (χ3n) is 6.63. The molecule has 0 unspecified atom stereocenters. The van der Waals surface area contributed by atoms with Crippen LogP contribution in [0.3, 0.4) is 0 Å². The van der Waals surface area contributed by atoms with Crippen LogP contribution < -0.4 is 24.3 Å². The Kier molecular flexibility index (Phi) is 12.9. The average molecular weight is 595 g/mol. The summed E-state index contributed by atoms with van der Waals surface area (Å²) in [6, 6.07) is 44.8. The zero-order valence-corrected chi connectivity index (χ0v) is 25.3. The molecule has 0 heterocycles. The molecule has 0 aliphatic heterocycles. The van der Waals surface area contributed by atoms with Crippen LogP contribution in [0.1, 0.15) is 19.8 Å². The van der Waals surface area contributed by atoms with Crippen LogP contribution in [0.2, 0.25) is 0 Å². The second kappa shape index (κ2) is 16.4. The van der Waals surface area contributed by atoms with Crippen molar-refractivity contribution in [1.82, 2.24) is 0 Å². The molecular formula is C36H33BBrLiO2. The Labute approximate surface area is 264 Å². The van der Waals surface area contributed by atoms with E-state index in [1.165, 1.54) is 28.3 Å². The minimum Gasteiger partial charge on any atom is -0.423 e. The van der Waals surface area contributed by atoms with E-state index < -0.39 is 7.12 Å². The first-order valence-electron chi connectivity index (χ1n) is 13.5. The van der Waals surface area contributed by atoms with Gasteiger partial charge in [-0.25, -0.2) is 0 Å². The maximum Gasteiger partial charge on any atom is 1.00 e. The number of hydrogen-bond donors (Lipinski definition) is 2. The summed E-state index contributed by atoms with van der Waals surface area (Å²) in [5.41, 5.74) is 5.30. The van der Waals surface area contributed by atoms with Crippen LogP contribution in [0.15, 0.2) is 138 Å². The van der Waals surface area contributed by atoms with Crippen LogP contribution >= 0.6 is 15.9 Å². The van der Waals surface area contributed by atoms with Crippen molar-refractivity contribution in [3.63, 3.8) is 0 Å². The number of benzene rings is 6. The second-order valence-electron chi connectivity index (χ2n) is 9.35. The molecule has 41 heavy (non-hydrogen) atoms. The molecule has 2 N–H and O–H groups in total. The van der Waals surface area contributed by atoms with Gasteiger partial charge in [-0.1, -0.05) is 157 Å². The third-order valence-corrected chi connectivity index (χ3v) is 7.32. The predicted molar refractivity (Wildman–Crippen MR) is 177 cm³/mol. The fourth-order valence-electron chi connectivity index (χ4n) is 4.55. The summed E-state index contributed by atoms with van der Waals surface area (Å²) in [7, 11) is -1.45. The summed E-state index contributed by atoms with van der Waals surface area (Å²) in [6.07, 6.45) is 2.28. The summed E-state index contributed by atoms with van der Waals surface area (Å²) in [5.74, 6) is 0. The molecule has 6 rings (SSSR count). The molecule has 0 fully saturated rings. The quantitative estimate of drug-likeness (QED) is 0.192. The molecule has 0 aromatic heterocycles. The summed E-state index contributed by atoms with van der Waals surface area (Å²) in [4.78, 5) is 0. The average Bonchev–Trinajstić information content (AvgIpc) is 3.02. The van der Waals surface area contributed by atoms with Gasteiger partial charge in [0, 0.05) is 4.47 Å². The van der Waals surface area contributed by atoms with Crippen LogP contribution in [0.5, 0.6) is 0 Å². The Morgan fingerprint density at radius 1 is 0.561 bits per heavy atom. The third kappa shape index (κ3) is 8.23. The standard InChI is InChI=1S/C16H13BO2.C16H11Br.C4H9.Li/c18-17(19)16-11-10-13(12-6-2-1-3-7-12)14-8-4-5-9-15(14)16;17-16-11-10-13(12-6-2-1-3-7-12)14-8-4-5-9-15(14)16;1-3-4-2;/h1-11,18-19H;1-11H;1,3-4H2,2H3;/q;;-1;+1. The van der Waals surface area contributed by atoms with Gasteiger partial charge in [0.25, 0.3) is 0 Å². The van der Waals surface area contributed by atoms with E-state index in [0.717, 1.165) is 32.8 Å². The summed E-state index contributed by atoms with van der Waals surface area (Å²) < 4.78 is 1.15. The van der Waals surface area contributed by atoms with Crippen molar-refractivity contribution in [1.29, 1.82) is 0 Å². The second-order valence-corrected chi connectivity index (χ2v) is 10.2. The molecule has 6 aromatic carbocycles. The number of hydrogen-bond acceptors (Lipinski definition) is 2. The van der Waals surface area contributed by atoms with E-state index in [4.69, 9.17) is 0 Å². The van der Waals surface area contributed by atoms with E-state index in [1.807, 2.05) is 54.6 Å². The molecular weight excluding hydrogens is 562 g/mol. The Balaban J connectivity index is 0.000000196. The molecule has 200 valence electrons. The van der Waals surface area contributed by atoms with Crippen LogP contribution in [-0.4, -0.2) is 17.2 Å². The minimum absolute atomic E-state index is 0. The molecule has 5 heteroatoms. The van der Waals surface area contributed by atoms with Crippen LogP contribution in [0.4, 0.5) is 0 Å². The van der Waals surface area contributed by atoms with Gasteiger partial charge in [-0.3, -0.25) is 0 Å². The molecule has 0 radical (unpaired) electrons. The number of unbranched alkanes of at least 4 members (excludes halogenated alkanes) is 1. The molecule has 0 aliphatic rings. The van der Waals surface area contributed by atoms with Crippen molar-refractivity contribution >= 4 is 50.1 Å². The van der Waals surface area contributed by atoms with Crippen molar-refractivity contribution < 1.29 is 28.9 Å². The monoisotopic (exact) mass is 594 g/mol. The smallest absolute Gasteiger partial charge is 0.423 e. The topological polar surface area (TPSA) is 40.5 Å². The van der Waals surface area contributed by atoms with E-state index in [2.05, 4.69) is 103 Å². The Morgan fingerprint density at radius 2 is 0.951 bits per heavy atom. The molecule has 0 bridgehead atoms. The Bertz CT molecular complexity index is 1660. The van der Waals surface area contributed by atoms with E-state index in [0.29, 0.717) is 5.46 Å². The maximum absolute atomic E-state index is 9.44. The van der Waals surface area contributed by atoms with Gasteiger partial charge in [0.2, 0.25) is 0 Å². The van der Waals surface area contributed by atoms with E-state index >= 15 is 0 Å². The van der Waals surface area contributed by atoms with Crippen molar-refractivity contribution in [3.8, 4) is 22.3 Å². The normalized spacial score (nSPS) is 10.1. The van der Waals surface area contributed by atoms with Gasteiger partial charge in [0.15, 0.2) is 0 Å². The van der Waals surface area contributed by atoms with Crippen molar-refractivity contribution in [2.24, 2.45) is 0 Å². The zero-order chi connectivity index (χ0) is 28.3. The maximum atomic E-state index is 9.44. The zero-order valence-electron chi connectivity index (χ0n) is 23.7. The molecule has 0 saturated carbocycles. The summed E-state index contributed by atoms with van der Waals surface area (Å²) >= 11 is 3.60. The van der Waals surface area contributed by atoms with Gasteiger partial charge in [-0.05, 0) is 55.3 Å². The first kappa shape index (κ1) is 32.4. The first-order valence-corrected chi connectivity index (χ1v) is 14.3. The minimum atomic E-state index is -1.45. The van der Waals surface area contributed by atoms with E-state index in [1.54, 1.807) is 6.07 Å². The Morgan fingerprint density at radius 3 is 1.41 bits per heavy atom. The predicted octanol–water partition coefficient (Wildman–Crippen LogP) is 6.08. The molecule has 0 amide bonds. The number of fused-ring (bicyclic) bond motifs is 2. The summed E-state index contributed by atoms with van der Waals surface area (Å²) in [6.45, 7) is 5.72. The molecule has 0 atom stereocenters. The molecule has 0 spiro atoms. The van der Waals surface area contributed by atoms with Gasteiger partial charge in [-0.15, -0.1) is 0 Å². The SMILES string of the molecule is Brc1ccc(-c2ccccc2)c2ccccc12.OB(O)c1ccc(-c2ccccc2)c2ccccc12.[CH2-]CCC.[Li+]. The van der Waals surface area contributed by atoms with Crippen molar-refractivity contribution in [3.05, 3.63) is 145 Å².